The molecule has 25 heavy (non-hydrogen) atoms. The Bertz CT molecular complexity index is 587. The Hall–Kier alpha value is -2.04. The van der Waals surface area contributed by atoms with E-state index in [2.05, 4.69) is 10.6 Å². The molecule has 5 nitrogen and oxygen atoms in total. The van der Waals surface area contributed by atoms with Crippen LogP contribution in [0.5, 0.6) is 0 Å². The number of nitrogens with one attached hydrogen (secondary N) is 2. The molecule has 2 amide bonds. The lowest BCUT2D eigenvalue weighted by molar-refractivity contribution is -0.123. The number of alkyl carbamates (subject to hydrolysis) is 1. The third kappa shape index (κ3) is 8.05. The zero-order valence-electron chi connectivity index (χ0n) is 16.5. The second-order valence-electron chi connectivity index (χ2n) is 8.71. The summed E-state index contributed by atoms with van der Waals surface area (Å²) < 4.78 is 5.21. The number of ether oxygens (including phenoxy) is 1. The van der Waals surface area contributed by atoms with Crippen molar-refractivity contribution in [3.05, 3.63) is 35.9 Å². The predicted octanol–water partition coefficient (Wildman–Crippen LogP) is 3.77. The molecule has 0 heterocycles. The fourth-order valence-electron chi connectivity index (χ4n) is 2.47. The van der Waals surface area contributed by atoms with E-state index in [-0.39, 0.29) is 11.3 Å². The number of hydrogen-bond donors (Lipinski definition) is 2. The van der Waals surface area contributed by atoms with Gasteiger partial charge in [0.15, 0.2) is 0 Å². The highest BCUT2D eigenvalue weighted by molar-refractivity contribution is 5.78. The van der Waals surface area contributed by atoms with Crippen molar-refractivity contribution in [1.82, 2.24) is 10.6 Å². The number of carbonyl (C=O) groups excluding carboxylic acids is 2. The van der Waals surface area contributed by atoms with E-state index in [0.717, 1.165) is 5.56 Å². The van der Waals surface area contributed by atoms with Crippen molar-refractivity contribution in [1.29, 1.82) is 0 Å². The second kappa shape index (κ2) is 7.89. The van der Waals surface area contributed by atoms with Crippen LogP contribution in [-0.4, -0.2) is 29.7 Å². The lowest BCUT2D eigenvalue weighted by Gasteiger charge is -2.30. The normalized spacial score (nSPS) is 12.4. The summed E-state index contributed by atoms with van der Waals surface area (Å²) >= 11 is 0. The van der Waals surface area contributed by atoms with Gasteiger partial charge in [-0.1, -0.05) is 44.2 Å². The lowest BCUT2D eigenvalue weighted by atomic mass is 9.81. The molecule has 2 N–H and O–H groups in total. The summed E-state index contributed by atoms with van der Waals surface area (Å²) in [5, 5.41) is 5.69. The molecule has 0 radical (unpaired) electrons. The zero-order chi connectivity index (χ0) is 19.3. The fraction of sp³-hybridized carbons (Fsp3) is 0.600. The first kappa shape index (κ1) is 21.0. The van der Waals surface area contributed by atoms with Crippen molar-refractivity contribution >= 4 is 12.0 Å². The van der Waals surface area contributed by atoms with Gasteiger partial charge < -0.3 is 15.4 Å². The maximum absolute atomic E-state index is 12.5. The first-order valence-corrected chi connectivity index (χ1v) is 8.64. The molecule has 0 saturated carbocycles. The topological polar surface area (TPSA) is 67.4 Å². The van der Waals surface area contributed by atoms with Crippen molar-refractivity contribution in [2.75, 3.05) is 6.54 Å². The van der Waals surface area contributed by atoms with Crippen molar-refractivity contribution in [2.45, 2.75) is 71.4 Å². The fourth-order valence-corrected chi connectivity index (χ4v) is 2.47. The highest BCUT2D eigenvalue weighted by Gasteiger charge is 2.28. The molecule has 0 unspecified atom stereocenters. The van der Waals surface area contributed by atoms with Crippen LogP contribution in [-0.2, 0) is 14.9 Å². The van der Waals surface area contributed by atoms with Crippen LogP contribution in [0.4, 0.5) is 4.79 Å². The van der Waals surface area contributed by atoms with Gasteiger partial charge in [0.1, 0.15) is 5.60 Å². The van der Waals surface area contributed by atoms with E-state index in [0.29, 0.717) is 13.0 Å². The Balaban J connectivity index is 2.56. The number of rotatable bonds is 6. The van der Waals surface area contributed by atoms with Crippen LogP contribution in [0, 0.1) is 0 Å². The van der Waals surface area contributed by atoms with Gasteiger partial charge in [-0.25, -0.2) is 4.79 Å². The molecule has 0 bridgehead atoms. The van der Waals surface area contributed by atoms with E-state index >= 15 is 0 Å². The minimum Gasteiger partial charge on any atom is -0.444 e. The van der Waals surface area contributed by atoms with Crippen molar-refractivity contribution < 1.29 is 14.3 Å². The molecule has 0 aliphatic carbocycles. The third-order valence-corrected chi connectivity index (χ3v) is 3.71. The highest BCUT2D eigenvalue weighted by Crippen LogP contribution is 2.26. The maximum Gasteiger partial charge on any atom is 0.407 e. The molecule has 0 aliphatic heterocycles. The van der Waals surface area contributed by atoms with Crippen LogP contribution < -0.4 is 10.6 Å². The molecule has 0 atom stereocenters. The number of amides is 2. The monoisotopic (exact) mass is 348 g/mol. The number of benzene rings is 1. The summed E-state index contributed by atoms with van der Waals surface area (Å²) in [6, 6.07) is 9.98. The van der Waals surface area contributed by atoms with Crippen LogP contribution in [0.1, 0.15) is 60.5 Å². The van der Waals surface area contributed by atoms with E-state index in [4.69, 9.17) is 4.74 Å². The van der Waals surface area contributed by atoms with Gasteiger partial charge in [0, 0.05) is 13.0 Å². The van der Waals surface area contributed by atoms with E-state index in [9.17, 15) is 9.59 Å². The summed E-state index contributed by atoms with van der Waals surface area (Å²) in [6.07, 6.45) is -0.119. The Labute approximate surface area is 151 Å². The maximum atomic E-state index is 12.5. The molecule has 0 aliphatic rings. The Morgan fingerprint density at radius 3 is 2.04 bits per heavy atom. The lowest BCUT2D eigenvalue weighted by Crippen LogP contribution is -2.52. The first-order valence-electron chi connectivity index (χ1n) is 8.64. The van der Waals surface area contributed by atoms with Gasteiger partial charge in [0.05, 0.1) is 5.54 Å². The molecular formula is C20H32N2O3. The first-order chi connectivity index (χ1) is 11.3. The summed E-state index contributed by atoms with van der Waals surface area (Å²) in [5.74, 6) is -0.0511. The molecular weight excluding hydrogens is 316 g/mol. The van der Waals surface area contributed by atoms with Gasteiger partial charge >= 0.3 is 6.09 Å². The molecule has 0 fully saturated rings. The molecule has 1 aromatic carbocycles. The van der Waals surface area contributed by atoms with E-state index in [1.54, 1.807) is 0 Å². The third-order valence-electron chi connectivity index (χ3n) is 3.71. The van der Waals surface area contributed by atoms with Crippen LogP contribution in [0.15, 0.2) is 30.3 Å². The Kier molecular flexibility index (Phi) is 6.63. The minimum atomic E-state index is -0.569. The molecule has 0 saturated heterocycles. The van der Waals surface area contributed by atoms with Crippen LogP contribution in [0.3, 0.4) is 0 Å². The van der Waals surface area contributed by atoms with Crippen LogP contribution in [0.2, 0.25) is 0 Å². The van der Waals surface area contributed by atoms with Crippen LogP contribution in [0.25, 0.3) is 0 Å². The molecule has 0 spiro atoms. The van der Waals surface area contributed by atoms with Gasteiger partial charge in [-0.05, 0) is 45.6 Å². The summed E-state index contributed by atoms with van der Waals surface area (Å²) in [5.41, 5.74) is -0.257. The van der Waals surface area contributed by atoms with Gasteiger partial charge in [0.2, 0.25) is 5.91 Å². The van der Waals surface area contributed by atoms with Gasteiger partial charge in [-0.3, -0.25) is 4.79 Å². The molecule has 140 valence electrons. The predicted molar refractivity (Wildman–Crippen MR) is 101 cm³/mol. The van der Waals surface area contributed by atoms with E-state index in [1.165, 1.54) is 0 Å². The summed E-state index contributed by atoms with van der Waals surface area (Å²) in [4.78, 5) is 24.2. The average Bonchev–Trinajstić information content (AvgIpc) is 2.43. The van der Waals surface area contributed by atoms with Gasteiger partial charge in [-0.15, -0.1) is 0 Å². The Morgan fingerprint density at radius 1 is 0.960 bits per heavy atom. The molecule has 0 aromatic heterocycles. The minimum absolute atomic E-state index is 0.0511. The average molecular weight is 348 g/mol. The van der Waals surface area contributed by atoms with Crippen LogP contribution >= 0.6 is 0 Å². The zero-order valence-corrected chi connectivity index (χ0v) is 16.5. The largest absolute Gasteiger partial charge is 0.444 e. The van der Waals surface area contributed by atoms with E-state index < -0.39 is 17.2 Å². The quantitative estimate of drug-likeness (QED) is 0.822. The smallest absolute Gasteiger partial charge is 0.407 e. The SMILES string of the molecule is CC(C)(CNC(=O)OC(C)(C)C)NC(=O)CC(C)(C)c1ccccc1. The van der Waals surface area contributed by atoms with Crippen molar-refractivity contribution in [3.63, 3.8) is 0 Å². The molecule has 1 aromatic rings. The number of carbonyl (C=O) groups is 2. The number of hydrogen-bond acceptors (Lipinski definition) is 3. The van der Waals surface area contributed by atoms with Gasteiger partial charge in [0.25, 0.3) is 0 Å². The van der Waals surface area contributed by atoms with Crippen molar-refractivity contribution in [3.8, 4) is 0 Å². The van der Waals surface area contributed by atoms with Crippen molar-refractivity contribution in [2.24, 2.45) is 0 Å². The molecule has 1 rings (SSSR count). The summed E-state index contributed by atoms with van der Waals surface area (Å²) in [6.45, 7) is 13.6. The molecule has 5 heteroatoms. The summed E-state index contributed by atoms with van der Waals surface area (Å²) in [7, 11) is 0. The Morgan fingerprint density at radius 2 is 1.52 bits per heavy atom. The van der Waals surface area contributed by atoms with Gasteiger partial charge in [-0.2, -0.15) is 0 Å². The second-order valence-corrected chi connectivity index (χ2v) is 8.71. The standard InChI is InChI=1S/C20H32N2O3/c1-18(2,3)25-17(24)21-14-20(6,7)22-16(23)13-19(4,5)15-11-9-8-10-12-15/h8-12H,13-14H2,1-7H3,(H,21,24)(H,22,23). The van der Waals surface area contributed by atoms with E-state index in [1.807, 2.05) is 78.8 Å². The highest BCUT2D eigenvalue weighted by atomic mass is 16.6.